The van der Waals surface area contributed by atoms with Crippen LogP contribution in [-0.2, 0) is 16.0 Å². The lowest BCUT2D eigenvalue weighted by Crippen LogP contribution is -2.55. The van der Waals surface area contributed by atoms with Gasteiger partial charge in [-0.3, -0.25) is 19.2 Å². The van der Waals surface area contributed by atoms with Gasteiger partial charge in [-0.2, -0.15) is 0 Å². The molecule has 0 unspecified atom stereocenters. The van der Waals surface area contributed by atoms with E-state index >= 15 is 0 Å². The summed E-state index contributed by atoms with van der Waals surface area (Å²) in [6, 6.07) is 9.74. The molecule has 0 radical (unpaired) electrons. The molecule has 1 aliphatic rings. The number of fused-ring (bicyclic) bond motifs is 2. The van der Waals surface area contributed by atoms with Crippen LogP contribution in [0, 0.1) is 5.92 Å². The summed E-state index contributed by atoms with van der Waals surface area (Å²) in [5, 5.41) is 11.4. The Labute approximate surface area is 244 Å². The second-order valence-electron chi connectivity index (χ2n) is 10.4. The minimum atomic E-state index is -0.966. The minimum absolute atomic E-state index is 0.115. The molecule has 3 atom stereocenters. The summed E-state index contributed by atoms with van der Waals surface area (Å²) < 4.78 is 10.7. The number of benzene rings is 1. The topological polar surface area (TPSA) is 165 Å². The Hall–Kier alpha value is -4.74. The van der Waals surface area contributed by atoms with E-state index in [1.165, 1.54) is 31.7 Å². The van der Waals surface area contributed by atoms with Crippen molar-refractivity contribution in [2.24, 2.45) is 5.92 Å². The first-order valence-electron chi connectivity index (χ1n) is 13.9. The van der Waals surface area contributed by atoms with Crippen LogP contribution in [0.4, 0.5) is 0 Å². The average molecular weight is 577 g/mol. The highest BCUT2D eigenvalue weighted by Gasteiger charge is 2.31. The van der Waals surface area contributed by atoms with E-state index in [0.717, 1.165) is 5.56 Å². The molecular weight excluding hydrogens is 540 g/mol. The van der Waals surface area contributed by atoms with Gasteiger partial charge >= 0.3 is 0 Å². The number of rotatable bonds is 6. The summed E-state index contributed by atoms with van der Waals surface area (Å²) in [5.74, 6) is -1.53. The van der Waals surface area contributed by atoms with E-state index in [9.17, 15) is 19.2 Å². The van der Waals surface area contributed by atoms with Crippen LogP contribution >= 0.6 is 0 Å². The fraction of sp³-hybridized carbons (Fsp3) is 0.400. The van der Waals surface area contributed by atoms with Crippen molar-refractivity contribution in [1.82, 2.24) is 31.2 Å². The van der Waals surface area contributed by atoms with Gasteiger partial charge in [0.05, 0.1) is 7.11 Å². The largest absolute Gasteiger partial charge is 0.481 e. The number of carbonyl (C=O) groups is 4. The Kier molecular flexibility index (Phi) is 10.2. The fourth-order valence-corrected chi connectivity index (χ4v) is 4.57. The number of amides is 4. The number of aromatic nitrogens is 2. The third kappa shape index (κ3) is 7.93. The van der Waals surface area contributed by atoms with Crippen molar-refractivity contribution in [1.29, 1.82) is 0 Å². The number of pyridine rings is 1. The van der Waals surface area contributed by atoms with Crippen LogP contribution in [0.3, 0.4) is 0 Å². The molecule has 2 aromatic heterocycles. The van der Waals surface area contributed by atoms with Gasteiger partial charge in [0.15, 0.2) is 5.69 Å². The molecule has 3 aromatic rings. The molecule has 0 aliphatic carbocycles. The molecule has 3 heterocycles. The molecule has 4 rings (SSSR count). The van der Waals surface area contributed by atoms with Gasteiger partial charge in [-0.1, -0.05) is 44.2 Å². The SMILES string of the molecule is COc1cc(C(=O)N[C@H]2CCCCNC(=O)c3coc(n3)[C@H](C(C)C)NC(=O)[C@H](Cc3ccccc3)NC2=O)ccn1. The van der Waals surface area contributed by atoms with E-state index in [2.05, 4.69) is 31.2 Å². The standard InChI is InChI=1S/C30H36N6O6/c1-18(2)25-30-35-23(17-42-30)27(38)32-13-8-7-11-21(33-26(37)20-12-14-31-24(16-20)41-3)28(39)34-22(29(40)36-25)15-19-9-5-4-6-10-19/h4-6,9-10,12,14,16-18,21-22,25H,7-8,11,13,15H2,1-3H3,(H,32,38)(H,33,37)(H,34,39)(H,36,40)/t21-,22-,25-/m0/s1. The number of carbonyl (C=O) groups excluding carboxylic acids is 4. The van der Waals surface area contributed by atoms with Crippen molar-refractivity contribution >= 4 is 23.6 Å². The summed E-state index contributed by atoms with van der Waals surface area (Å²) >= 11 is 0. The Balaban J connectivity index is 1.63. The number of hydrogen-bond donors (Lipinski definition) is 4. The molecule has 0 saturated carbocycles. The van der Waals surface area contributed by atoms with Crippen molar-refractivity contribution in [3.8, 4) is 5.88 Å². The molecule has 1 aromatic carbocycles. The number of ether oxygens (including phenoxy) is 1. The van der Waals surface area contributed by atoms with Gasteiger partial charge in [0, 0.05) is 30.8 Å². The zero-order valence-corrected chi connectivity index (χ0v) is 23.9. The molecule has 222 valence electrons. The van der Waals surface area contributed by atoms with Gasteiger partial charge in [0.1, 0.15) is 24.4 Å². The Morgan fingerprint density at radius 1 is 1.10 bits per heavy atom. The highest BCUT2D eigenvalue weighted by molar-refractivity contribution is 5.98. The first kappa shape index (κ1) is 30.2. The van der Waals surface area contributed by atoms with Crippen molar-refractivity contribution in [3.05, 3.63) is 77.6 Å². The van der Waals surface area contributed by atoms with Crippen LogP contribution in [-0.4, -0.2) is 59.3 Å². The lowest BCUT2D eigenvalue weighted by Gasteiger charge is -2.26. The van der Waals surface area contributed by atoms with Crippen molar-refractivity contribution in [2.75, 3.05) is 13.7 Å². The van der Waals surface area contributed by atoms with Gasteiger partial charge in [-0.15, -0.1) is 0 Å². The lowest BCUT2D eigenvalue weighted by molar-refractivity contribution is -0.130. The number of nitrogens with zero attached hydrogens (tertiary/aromatic N) is 2. The molecule has 4 N–H and O–H groups in total. The maximum Gasteiger partial charge on any atom is 0.273 e. The maximum absolute atomic E-state index is 13.7. The monoisotopic (exact) mass is 576 g/mol. The van der Waals surface area contributed by atoms with Crippen LogP contribution in [0.25, 0.3) is 0 Å². The smallest absolute Gasteiger partial charge is 0.273 e. The molecule has 1 aliphatic heterocycles. The fourth-order valence-electron chi connectivity index (χ4n) is 4.57. The molecule has 12 heteroatoms. The van der Waals surface area contributed by atoms with Gasteiger partial charge in [0.25, 0.3) is 11.8 Å². The Bertz CT molecular complexity index is 1390. The summed E-state index contributed by atoms with van der Waals surface area (Å²) in [4.78, 5) is 61.5. The molecule has 42 heavy (non-hydrogen) atoms. The summed E-state index contributed by atoms with van der Waals surface area (Å²) in [5.41, 5.74) is 1.23. The summed E-state index contributed by atoms with van der Waals surface area (Å²) in [6.07, 6.45) is 4.25. The van der Waals surface area contributed by atoms with Gasteiger partial charge in [0.2, 0.25) is 23.6 Å². The quantitative estimate of drug-likeness (QED) is 0.347. The number of oxazole rings is 1. The van der Waals surface area contributed by atoms with E-state index < -0.39 is 41.8 Å². The molecule has 0 saturated heterocycles. The van der Waals surface area contributed by atoms with Crippen molar-refractivity contribution in [3.63, 3.8) is 0 Å². The van der Waals surface area contributed by atoms with Crippen LogP contribution in [0.5, 0.6) is 5.88 Å². The van der Waals surface area contributed by atoms with Crippen LogP contribution in [0.15, 0.2) is 59.3 Å². The van der Waals surface area contributed by atoms with E-state index in [-0.39, 0.29) is 41.8 Å². The normalized spacial score (nSPS) is 20.3. The second-order valence-corrected chi connectivity index (χ2v) is 10.4. The lowest BCUT2D eigenvalue weighted by atomic mass is 10.0. The zero-order chi connectivity index (χ0) is 30.1. The third-order valence-electron chi connectivity index (χ3n) is 6.93. The number of hydrogen-bond acceptors (Lipinski definition) is 8. The first-order valence-corrected chi connectivity index (χ1v) is 13.9. The highest BCUT2D eigenvalue weighted by Crippen LogP contribution is 2.22. The third-order valence-corrected chi connectivity index (χ3v) is 6.93. The van der Waals surface area contributed by atoms with Gasteiger partial charge in [-0.25, -0.2) is 9.97 Å². The molecular formula is C30H36N6O6. The first-order chi connectivity index (χ1) is 20.2. The predicted octanol–water partition coefficient (Wildman–Crippen LogP) is 2.33. The average Bonchev–Trinajstić information content (AvgIpc) is 3.48. The number of nitrogens with one attached hydrogen (secondary N) is 4. The summed E-state index contributed by atoms with van der Waals surface area (Å²) in [6.45, 7) is 4.11. The Morgan fingerprint density at radius 2 is 1.88 bits per heavy atom. The summed E-state index contributed by atoms with van der Waals surface area (Å²) in [7, 11) is 1.45. The Morgan fingerprint density at radius 3 is 2.62 bits per heavy atom. The molecule has 2 bridgehead atoms. The van der Waals surface area contributed by atoms with Crippen LogP contribution < -0.4 is 26.0 Å². The van der Waals surface area contributed by atoms with Crippen LogP contribution in [0.1, 0.15) is 71.5 Å². The molecule has 0 spiro atoms. The van der Waals surface area contributed by atoms with Crippen molar-refractivity contribution < 1.29 is 28.3 Å². The molecule has 0 fully saturated rings. The predicted molar refractivity (Wildman–Crippen MR) is 153 cm³/mol. The highest BCUT2D eigenvalue weighted by atomic mass is 16.5. The van der Waals surface area contributed by atoms with E-state index in [1.807, 2.05) is 44.2 Å². The second kappa shape index (κ2) is 14.2. The molecule has 12 nitrogen and oxygen atoms in total. The van der Waals surface area contributed by atoms with E-state index in [4.69, 9.17) is 9.15 Å². The minimum Gasteiger partial charge on any atom is -0.481 e. The molecule has 4 amide bonds. The van der Waals surface area contributed by atoms with Gasteiger partial charge < -0.3 is 30.4 Å². The maximum atomic E-state index is 13.7. The zero-order valence-electron chi connectivity index (χ0n) is 23.9. The van der Waals surface area contributed by atoms with E-state index in [1.54, 1.807) is 0 Å². The van der Waals surface area contributed by atoms with Crippen molar-refractivity contribution in [2.45, 2.75) is 57.7 Å². The van der Waals surface area contributed by atoms with Gasteiger partial charge in [-0.05, 0) is 36.8 Å². The van der Waals surface area contributed by atoms with Crippen LogP contribution in [0.2, 0.25) is 0 Å². The number of methoxy groups -OCH3 is 1. The van der Waals surface area contributed by atoms with E-state index in [0.29, 0.717) is 19.4 Å².